The number of Topliss-reactive ketones (excluding diaryl/α,β-unsaturated/α-hetero) is 2. The summed E-state index contributed by atoms with van der Waals surface area (Å²) >= 11 is 6.54. The fourth-order valence-electron chi connectivity index (χ4n) is 8.04. The van der Waals surface area contributed by atoms with Gasteiger partial charge in [0.1, 0.15) is 0 Å². The summed E-state index contributed by atoms with van der Waals surface area (Å²) in [7, 11) is 0. The average molecular weight is 417 g/mol. The minimum atomic E-state index is -1.01. The first-order valence-corrected chi connectivity index (χ1v) is 11.3. The van der Waals surface area contributed by atoms with E-state index in [9.17, 15) is 14.4 Å². The van der Waals surface area contributed by atoms with Gasteiger partial charge in [0.05, 0.1) is 5.03 Å². The molecule has 0 saturated heterocycles. The van der Waals surface area contributed by atoms with Crippen LogP contribution in [-0.4, -0.2) is 23.1 Å². The molecule has 8 atom stereocenters. The zero-order chi connectivity index (χ0) is 20.9. The third kappa shape index (κ3) is 2.19. The minimum absolute atomic E-state index is 0.0312. The van der Waals surface area contributed by atoms with Crippen molar-refractivity contribution in [3.05, 3.63) is 22.8 Å². The second kappa shape index (κ2) is 5.84. The molecule has 5 rings (SSSR count). The molecule has 0 spiro atoms. The number of hydrogen-bond donors (Lipinski definition) is 0. The van der Waals surface area contributed by atoms with Gasteiger partial charge in [-0.3, -0.25) is 14.4 Å². The average Bonchev–Trinajstić information content (AvgIpc) is 3.40. The molecule has 0 radical (unpaired) electrons. The van der Waals surface area contributed by atoms with Crippen LogP contribution in [0, 0.1) is 40.4 Å². The third-order valence-electron chi connectivity index (χ3n) is 9.52. The van der Waals surface area contributed by atoms with Crippen LogP contribution in [0.1, 0.15) is 59.8 Å². The minimum Gasteiger partial charge on any atom is -0.451 e. The molecule has 3 fully saturated rings. The molecule has 5 aliphatic carbocycles. The van der Waals surface area contributed by atoms with E-state index in [0.29, 0.717) is 29.2 Å². The molecule has 5 heteroatoms. The van der Waals surface area contributed by atoms with Crippen molar-refractivity contribution in [3.63, 3.8) is 0 Å². The number of carbonyl (C=O) groups excluding carboxylic acids is 3. The van der Waals surface area contributed by atoms with Gasteiger partial charge in [-0.2, -0.15) is 0 Å². The molecule has 3 saturated carbocycles. The molecule has 0 aromatic carbocycles. The normalized spacial score (nSPS) is 49.7. The summed E-state index contributed by atoms with van der Waals surface area (Å²) < 4.78 is 5.82. The molecular weight excluding hydrogens is 388 g/mol. The summed E-state index contributed by atoms with van der Waals surface area (Å²) in [6, 6.07) is 0. The first-order valence-electron chi connectivity index (χ1n) is 10.9. The lowest BCUT2D eigenvalue weighted by Crippen LogP contribution is -2.58. The van der Waals surface area contributed by atoms with E-state index in [4.69, 9.17) is 16.3 Å². The van der Waals surface area contributed by atoms with E-state index in [1.807, 2.05) is 0 Å². The number of carbonyl (C=O) groups is 3. The van der Waals surface area contributed by atoms with E-state index in [0.717, 1.165) is 31.3 Å². The van der Waals surface area contributed by atoms with Crippen LogP contribution in [0.3, 0.4) is 0 Å². The molecular formula is C24H29ClO4. The van der Waals surface area contributed by atoms with E-state index >= 15 is 0 Å². The van der Waals surface area contributed by atoms with Gasteiger partial charge >= 0.3 is 5.97 Å². The van der Waals surface area contributed by atoms with Crippen LogP contribution in [0.4, 0.5) is 0 Å². The van der Waals surface area contributed by atoms with Crippen LogP contribution in [0.25, 0.3) is 0 Å². The molecule has 29 heavy (non-hydrogen) atoms. The SMILES string of the molecule is CC(=O)O[C@@]1(C(C)=O)CC[C@@H]2[C@H]3C=CC4=C(Cl)C(=O)[C@H]5C[C@H]5[C@@]4(C)[C@@H]3CC[C@]21C. The van der Waals surface area contributed by atoms with E-state index in [-0.39, 0.29) is 40.2 Å². The zero-order valence-corrected chi connectivity index (χ0v) is 18.3. The molecule has 0 N–H and O–H groups in total. The van der Waals surface area contributed by atoms with E-state index in [1.54, 1.807) is 6.92 Å². The van der Waals surface area contributed by atoms with Gasteiger partial charge < -0.3 is 4.74 Å². The summed E-state index contributed by atoms with van der Waals surface area (Å²) in [5, 5.41) is 0.443. The van der Waals surface area contributed by atoms with Gasteiger partial charge in [-0.25, -0.2) is 0 Å². The topological polar surface area (TPSA) is 60.4 Å². The first-order chi connectivity index (χ1) is 13.6. The second-order valence-electron chi connectivity index (χ2n) is 10.4. The van der Waals surface area contributed by atoms with Gasteiger partial charge in [0.25, 0.3) is 0 Å². The Hall–Kier alpha value is -1.42. The first kappa shape index (κ1) is 19.5. The largest absolute Gasteiger partial charge is 0.451 e. The standard InChI is InChI=1S/C24H29ClO4/c1-12(26)24(29-13(2)27)10-8-16-14-5-6-18-20(25)21(28)15-11-19(15)23(18,4)17(14)7-9-22(16,24)3/h5-6,14-17,19H,7-11H2,1-4H3/t14-,15+,16-,17-,19-,22-,23+,24-/m1/s1. The molecule has 0 aliphatic heterocycles. The summed E-state index contributed by atoms with van der Waals surface area (Å²) in [6.07, 6.45) is 8.58. The Morgan fingerprint density at radius 2 is 1.79 bits per heavy atom. The van der Waals surface area contributed by atoms with E-state index in [2.05, 4.69) is 26.0 Å². The highest BCUT2D eigenvalue weighted by Crippen LogP contribution is 2.72. The van der Waals surface area contributed by atoms with Crippen molar-refractivity contribution in [3.8, 4) is 0 Å². The Balaban J connectivity index is 1.58. The van der Waals surface area contributed by atoms with Crippen molar-refractivity contribution in [2.24, 2.45) is 40.4 Å². The van der Waals surface area contributed by atoms with Gasteiger partial charge in [0.2, 0.25) is 0 Å². The van der Waals surface area contributed by atoms with Crippen molar-refractivity contribution < 1.29 is 19.1 Å². The summed E-state index contributed by atoms with van der Waals surface area (Å²) in [6.45, 7) is 7.44. The molecule has 0 aromatic rings. The fraction of sp³-hybridized carbons (Fsp3) is 0.708. The predicted octanol–water partition coefficient (Wildman–Crippen LogP) is 4.61. The van der Waals surface area contributed by atoms with Gasteiger partial charge in [0.15, 0.2) is 17.2 Å². The summed E-state index contributed by atoms with van der Waals surface area (Å²) in [5.41, 5.74) is -0.408. The smallest absolute Gasteiger partial charge is 0.303 e. The highest BCUT2D eigenvalue weighted by molar-refractivity contribution is 6.44. The Kier molecular flexibility index (Phi) is 3.93. The number of rotatable bonds is 2. The Labute approximate surface area is 177 Å². The number of fused-ring (bicyclic) bond motifs is 7. The van der Waals surface area contributed by atoms with Crippen LogP contribution in [0.2, 0.25) is 0 Å². The second-order valence-corrected chi connectivity index (χ2v) is 10.8. The molecule has 0 bridgehead atoms. The van der Waals surface area contributed by atoms with Crippen LogP contribution in [-0.2, 0) is 19.1 Å². The number of esters is 1. The lowest BCUT2D eigenvalue weighted by atomic mass is 9.47. The molecule has 0 unspecified atom stereocenters. The number of ketones is 2. The summed E-state index contributed by atoms with van der Waals surface area (Å²) in [5.74, 6) is 1.22. The zero-order valence-electron chi connectivity index (χ0n) is 17.6. The van der Waals surface area contributed by atoms with E-state index in [1.165, 1.54) is 6.92 Å². The highest BCUT2D eigenvalue weighted by atomic mass is 35.5. The van der Waals surface area contributed by atoms with Crippen LogP contribution in [0.5, 0.6) is 0 Å². The van der Waals surface area contributed by atoms with Crippen molar-refractivity contribution >= 4 is 29.1 Å². The third-order valence-corrected chi connectivity index (χ3v) is 9.91. The maximum Gasteiger partial charge on any atom is 0.303 e. The molecule has 5 aliphatic rings. The van der Waals surface area contributed by atoms with Gasteiger partial charge in [-0.15, -0.1) is 0 Å². The van der Waals surface area contributed by atoms with Gasteiger partial charge in [-0.05, 0) is 68.3 Å². The number of halogens is 1. The van der Waals surface area contributed by atoms with Crippen molar-refractivity contribution in [1.82, 2.24) is 0 Å². The van der Waals surface area contributed by atoms with Crippen LogP contribution >= 0.6 is 11.6 Å². The van der Waals surface area contributed by atoms with Gasteiger partial charge in [0, 0.05) is 23.7 Å². The van der Waals surface area contributed by atoms with Crippen LogP contribution in [0.15, 0.2) is 22.8 Å². The van der Waals surface area contributed by atoms with Crippen molar-refractivity contribution in [2.75, 3.05) is 0 Å². The van der Waals surface area contributed by atoms with E-state index < -0.39 is 5.60 Å². The number of allylic oxidation sites excluding steroid dienone is 4. The molecule has 0 amide bonds. The maximum atomic E-state index is 12.8. The monoisotopic (exact) mass is 416 g/mol. The number of ether oxygens (including phenoxy) is 1. The highest BCUT2D eigenvalue weighted by Gasteiger charge is 2.70. The molecule has 0 aromatic heterocycles. The predicted molar refractivity (Wildman–Crippen MR) is 109 cm³/mol. The Bertz CT molecular complexity index is 903. The molecule has 4 nitrogen and oxygen atoms in total. The van der Waals surface area contributed by atoms with Crippen molar-refractivity contribution in [2.45, 2.75) is 65.4 Å². The lowest BCUT2D eigenvalue weighted by Gasteiger charge is -2.57. The maximum absolute atomic E-state index is 12.8. The Morgan fingerprint density at radius 1 is 1.10 bits per heavy atom. The number of hydrogen-bond acceptors (Lipinski definition) is 4. The quantitative estimate of drug-likeness (QED) is 0.617. The fourth-order valence-corrected chi connectivity index (χ4v) is 8.45. The lowest BCUT2D eigenvalue weighted by molar-refractivity contribution is -0.185. The Morgan fingerprint density at radius 3 is 2.45 bits per heavy atom. The molecule has 0 heterocycles. The van der Waals surface area contributed by atoms with Gasteiger partial charge in [-0.1, -0.05) is 37.6 Å². The van der Waals surface area contributed by atoms with Crippen LogP contribution < -0.4 is 0 Å². The van der Waals surface area contributed by atoms with Crippen molar-refractivity contribution in [1.29, 1.82) is 0 Å². The molecule has 156 valence electrons. The summed E-state index contributed by atoms with van der Waals surface area (Å²) in [4.78, 5) is 37.2.